The van der Waals surface area contributed by atoms with Crippen LogP contribution in [-0.2, 0) is 0 Å². The second-order valence-corrected chi connectivity index (χ2v) is 7.70. The summed E-state index contributed by atoms with van der Waals surface area (Å²) < 4.78 is 5.41. The van der Waals surface area contributed by atoms with Crippen molar-refractivity contribution in [1.29, 1.82) is 0 Å². The van der Waals surface area contributed by atoms with Crippen molar-refractivity contribution in [2.24, 2.45) is 0 Å². The quantitative estimate of drug-likeness (QED) is 0.511. The van der Waals surface area contributed by atoms with E-state index < -0.39 is 0 Å². The van der Waals surface area contributed by atoms with E-state index in [4.69, 9.17) is 4.42 Å². The largest absolute Gasteiger partial charge is 0.463 e. The standard InChI is InChI=1S/C18H12N4O3S2/c1-10-9-20-17(26-10)14(23)15-13(12-3-2-8-25-12)21-18(27-15)22-16(24)11-4-6-19-7-5-11/h2-9H,1H3,(H,21,22,24). The number of nitrogens with zero attached hydrogens (tertiary/aromatic N) is 3. The summed E-state index contributed by atoms with van der Waals surface area (Å²) in [5.41, 5.74) is 0.830. The molecule has 0 bridgehead atoms. The fraction of sp³-hybridized carbons (Fsp3) is 0.0556. The number of thiazole rings is 2. The number of ketones is 1. The van der Waals surface area contributed by atoms with Crippen LogP contribution in [0.15, 0.2) is 53.5 Å². The fourth-order valence-electron chi connectivity index (χ4n) is 2.34. The lowest BCUT2D eigenvalue weighted by Crippen LogP contribution is -2.11. The zero-order chi connectivity index (χ0) is 18.8. The Kier molecular flexibility index (Phi) is 4.61. The van der Waals surface area contributed by atoms with Crippen LogP contribution in [0.3, 0.4) is 0 Å². The van der Waals surface area contributed by atoms with Gasteiger partial charge in [0.25, 0.3) is 5.91 Å². The first-order valence-electron chi connectivity index (χ1n) is 7.85. The van der Waals surface area contributed by atoms with Gasteiger partial charge in [0.2, 0.25) is 5.78 Å². The average Bonchev–Trinajstić information content (AvgIpc) is 3.42. The Labute approximate surface area is 161 Å². The molecule has 4 heterocycles. The van der Waals surface area contributed by atoms with E-state index in [1.807, 2.05) is 6.92 Å². The van der Waals surface area contributed by atoms with Gasteiger partial charge in [-0.1, -0.05) is 11.3 Å². The van der Waals surface area contributed by atoms with Gasteiger partial charge in [0, 0.05) is 29.0 Å². The summed E-state index contributed by atoms with van der Waals surface area (Å²) in [5.74, 6) is -0.130. The zero-order valence-electron chi connectivity index (χ0n) is 14.0. The van der Waals surface area contributed by atoms with Crippen LogP contribution in [0.1, 0.15) is 29.9 Å². The van der Waals surface area contributed by atoms with Crippen LogP contribution >= 0.6 is 22.7 Å². The van der Waals surface area contributed by atoms with Crippen molar-refractivity contribution in [2.45, 2.75) is 6.92 Å². The lowest BCUT2D eigenvalue weighted by molar-refractivity contribution is 0.102. The second-order valence-electron chi connectivity index (χ2n) is 5.47. The average molecular weight is 396 g/mol. The molecule has 27 heavy (non-hydrogen) atoms. The maximum atomic E-state index is 12.9. The van der Waals surface area contributed by atoms with Crippen LogP contribution in [0.25, 0.3) is 11.5 Å². The number of aromatic nitrogens is 3. The molecule has 7 nitrogen and oxygen atoms in total. The first-order valence-corrected chi connectivity index (χ1v) is 9.48. The summed E-state index contributed by atoms with van der Waals surface area (Å²) in [6.07, 6.45) is 6.22. The Morgan fingerprint density at radius 3 is 2.63 bits per heavy atom. The van der Waals surface area contributed by atoms with Gasteiger partial charge in [0.05, 0.1) is 6.26 Å². The van der Waals surface area contributed by atoms with Gasteiger partial charge < -0.3 is 4.42 Å². The normalized spacial score (nSPS) is 10.7. The van der Waals surface area contributed by atoms with Crippen LogP contribution in [0.4, 0.5) is 5.13 Å². The van der Waals surface area contributed by atoms with Crippen LogP contribution < -0.4 is 5.32 Å². The van der Waals surface area contributed by atoms with Crippen molar-refractivity contribution in [3.8, 4) is 11.5 Å². The molecule has 1 N–H and O–H groups in total. The first-order chi connectivity index (χ1) is 13.1. The molecule has 0 aliphatic rings. The summed E-state index contributed by atoms with van der Waals surface area (Å²) in [5, 5.41) is 3.40. The molecule has 0 spiro atoms. The van der Waals surface area contributed by atoms with Gasteiger partial charge in [-0.2, -0.15) is 0 Å². The van der Waals surface area contributed by atoms with Crippen molar-refractivity contribution in [1.82, 2.24) is 15.0 Å². The summed E-state index contributed by atoms with van der Waals surface area (Å²) in [4.78, 5) is 39.0. The second kappa shape index (κ2) is 7.22. The molecule has 1 amide bonds. The number of nitrogens with one attached hydrogen (secondary N) is 1. The van der Waals surface area contributed by atoms with Crippen LogP contribution in [0.2, 0.25) is 0 Å². The van der Waals surface area contributed by atoms with E-state index in [1.54, 1.807) is 30.5 Å². The first kappa shape index (κ1) is 17.3. The molecular formula is C18H12N4O3S2. The molecule has 0 aliphatic carbocycles. The number of hydrogen-bond acceptors (Lipinski definition) is 8. The minimum atomic E-state index is -0.332. The topological polar surface area (TPSA) is 98.0 Å². The third kappa shape index (κ3) is 3.55. The van der Waals surface area contributed by atoms with E-state index in [1.165, 1.54) is 30.0 Å². The Morgan fingerprint density at radius 2 is 1.96 bits per heavy atom. The maximum Gasteiger partial charge on any atom is 0.257 e. The molecule has 0 unspecified atom stereocenters. The number of amides is 1. The molecule has 0 aliphatic heterocycles. The summed E-state index contributed by atoms with van der Waals surface area (Å²) in [7, 11) is 0. The van der Waals surface area contributed by atoms with Crippen molar-refractivity contribution in [2.75, 3.05) is 5.32 Å². The highest BCUT2D eigenvalue weighted by atomic mass is 32.1. The summed E-state index contributed by atoms with van der Waals surface area (Å²) in [6, 6.07) is 6.63. The third-order valence-corrected chi connectivity index (χ3v) is 5.45. The molecule has 0 aromatic carbocycles. The number of carbonyl (C=O) groups excluding carboxylic acids is 2. The van der Waals surface area contributed by atoms with Gasteiger partial charge in [0.1, 0.15) is 10.6 Å². The Hall–Kier alpha value is -3.17. The third-order valence-electron chi connectivity index (χ3n) is 3.57. The summed E-state index contributed by atoms with van der Waals surface area (Å²) in [6.45, 7) is 1.88. The number of pyridine rings is 1. The van der Waals surface area contributed by atoms with E-state index in [-0.39, 0.29) is 11.7 Å². The van der Waals surface area contributed by atoms with Gasteiger partial charge in [-0.05, 0) is 31.2 Å². The van der Waals surface area contributed by atoms with Crippen LogP contribution in [0, 0.1) is 6.92 Å². The van der Waals surface area contributed by atoms with Crippen molar-refractivity contribution < 1.29 is 14.0 Å². The SMILES string of the molecule is Cc1cnc(C(=O)c2sc(NC(=O)c3ccncc3)nc2-c2ccco2)s1. The number of furan rings is 1. The van der Waals surface area contributed by atoms with Crippen molar-refractivity contribution in [3.05, 3.63) is 69.4 Å². The minimum absolute atomic E-state index is 0.249. The molecule has 134 valence electrons. The molecule has 0 saturated heterocycles. The molecule has 4 aromatic rings. The smallest absolute Gasteiger partial charge is 0.257 e. The number of carbonyl (C=O) groups is 2. The predicted octanol–water partition coefficient (Wildman–Crippen LogP) is 4.05. The highest BCUT2D eigenvalue weighted by Crippen LogP contribution is 2.34. The zero-order valence-corrected chi connectivity index (χ0v) is 15.6. The molecule has 0 fully saturated rings. The molecule has 0 radical (unpaired) electrons. The molecule has 4 aromatic heterocycles. The molecule has 0 saturated carbocycles. The van der Waals surface area contributed by atoms with Gasteiger partial charge in [0.15, 0.2) is 15.9 Å². The number of aryl methyl sites for hydroxylation is 1. The molecule has 4 rings (SSSR count). The maximum absolute atomic E-state index is 12.9. The monoisotopic (exact) mass is 396 g/mol. The number of rotatable bonds is 5. The Balaban J connectivity index is 1.70. The predicted molar refractivity (Wildman–Crippen MR) is 102 cm³/mol. The van der Waals surface area contributed by atoms with E-state index in [2.05, 4.69) is 20.3 Å². The van der Waals surface area contributed by atoms with Gasteiger partial charge in [-0.25, -0.2) is 9.97 Å². The molecule has 9 heteroatoms. The Morgan fingerprint density at radius 1 is 1.15 bits per heavy atom. The van der Waals surface area contributed by atoms with Crippen molar-refractivity contribution >= 4 is 39.5 Å². The van der Waals surface area contributed by atoms with Gasteiger partial charge in [-0.15, -0.1) is 11.3 Å². The van der Waals surface area contributed by atoms with E-state index >= 15 is 0 Å². The molecule has 0 atom stereocenters. The number of anilines is 1. The highest BCUT2D eigenvalue weighted by Gasteiger charge is 2.25. The van der Waals surface area contributed by atoms with E-state index in [0.717, 1.165) is 16.2 Å². The van der Waals surface area contributed by atoms with Crippen LogP contribution in [0.5, 0.6) is 0 Å². The minimum Gasteiger partial charge on any atom is -0.463 e. The van der Waals surface area contributed by atoms with Gasteiger partial charge in [-0.3, -0.25) is 19.9 Å². The Bertz CT molecular complexity index is 1100. The fourth-order valence-corrected chi connectivity index (χ4v) is 4.02. The summed E-state index contributed by atoms with van der Waals surface area (Å²) >= 11 is 2.40. The number of hydrogen-bond donors (Lipinski definition) is 1. The lowest BCUT2D eigenvalue weighted by Gasteiger charge is -2.00. The van der Waals surface area contributed by atoms with E-state index in [0.29, 0.717) is 32.0 Å². The molecular weight excluding hydrogens is 384 g/mol. The highest BCUT2D eigenvalue weighted by molar-refractivity contribution is 7.20. The van der Waals surface area contributed by atoms with Crippen molar-refractivity contribution in [3.63, 3.8) is 0 Å². The lowest BCUT2D eigenvalue weighted by atomic mass is 10.2. The van der Waals surface area contributed by atoms with E-state index in [9.17, 15) is 9.59 Å². The van der Waals surface area contributed by atoms with Crippen LogP contribution in [-0.4, -0.2) is 26.6 Å². The van der Waals surface area contributed by atoms with Gasteiger partial charge >= 0.3 is 0 Å².